The van der Waals surface area contributed by atoms with Crippen LogP contribution in [-0.2, 0) is 18.9 Å². The average molecular weight is 354 g/mol. The smallest absolute Gasteiger partial charge is 0.390 e. The number of methoxy groups -OCH3 is 1. The van der Waals surface area contributed by atoms with Crippen molar-refractivity contribution in [3.63, 3.8) is 0 Å². The predicted octanol–water partition coefficient (Wildman–Crippen LogP) is 1.91. The molecule has 0 aromatic rings. The van der Waals surface area contributed by atoms with Crippen LogP contribution >= 0.6 is 0 Å². The Bertz CT molecular complexity index is 467. The third-order valence-electron chi connectivity index (χ3n) is 5.66. The lowest BCUT2D eigenvalue weighted by Gasteiger charge is -2.44. The normalized spacial score (nSPS) is 47.9. The molecule has 2 saturated heterocycles. The number of aliphatic hydroxyl groups excluding tert-OH is 1. The first-order valence-electron chi connectivity index (χ1n) is 8.30. The second-order valence-corrected chi connectivity index (χ2v) is 7.45. The van der Waals surface area contributed by atoms with Crippen molar-refractivity contribution in [1.82, 2.24) is 0 Å². The summed E-state index contributed by atoms with van der Waals surface area (Å²) in [4.78, 5) is 0. The van der Waals surface area contributed by atoms with E-state index in [1.165, 1.54) is 0 Å². The van der Waals surface area contributed by atoms with Crippen molar-refractivity contribution in [3.8, 4) is 0 Å². The minimum atomic E-state index is -4.32. The molecule has 0 radical (unpaired) electrons. The maximum absolute atomic E-state index is 12.1. The summed E-state index contributed by atoms with van der Waals surface area (Å²) in [5.74, 6) is -0.0848. The molecule has 2 aliphatic heterocycles. The number of ether oxygens (including phenoxy) is 4. The molecule has 24 heavy (non-hydrogen) atoms. The van der Waals surface area contributed by atoms with Crippen LogP contribution in [-0.4, -0.2) is 67.7 Å². The van der Waals surface area contributed by atoms with Gasteiger partial charge in [0.05, 0.1) is 30.8 Å². The highest BCUT2D eigenvalue weighted by Gasteiger charge is 2.72. The van der Waals surface area contributed by atoms with Crippen molar-refractivity contribution in [2.75, 3.05) is 26.9 Å². The number of halogens is 3. The Hall–Kier alpha value is -0.410. The van der Waals surface area contributed by atoms with E-state index >= 15 is 0 Å². The van der Waals surface area contributed by atoms with Crippen molar-refractivity contribution >= 4 is 0 Å². The summed E-state index contributed by atoms with van der Waals surface area (Å²) >= 11 is 0. The molecule has 140 valence electrons. The topological polar surface area (TPSA) is 63.8 Å². The molecule has 3 rings (SSSR count). The van der Waals surface area contributed by atoms with Crippen LogP contribution in [0.1, 0.15) is 26.7 Å². The van der Waals surface area contributed by atoms with Crippen LogP contribution in [0.4, 0.5) is 13.2 Å². The van der Waals surface area contributed by atoms with E-state index in [-0.39, 0.29) is 30.1 Å². The number of hydrogen-bond donors (Lipinski definition) is 1. The van der Waals surface area contributed by atoms with Gasteiger partial charge in [0.1, 0.15) is 17.8 Å². The van der Waals surface area contributed by atoms with E-state index in [9.17, 15) is 18.3 Å². The summed E-state index contributed by atoms with van der Waals surface area (Å²) in [5.41, 5.74) is -0.921. The van der Waals surface area contributed by atoms with Gasteiger partial charge in [-0.25, -0.2) is 0 Å². The quantitative estimate of drug-likeness (QED) is 0.583. The number of epoxide rings is 2. The van der Waals surface area contributed by atoms with Crippen molar-refractivity contribution in [3.05, 3.63) is 0 Å². The highest BCUT2D eigenvalue weighted by atomic mass is 19.4. The van der Waals surface area contributed by atoms with Crippen LogP contribution in [0.5, 0.6) is 0 Å². The molecule has 1 unspecified atom stereocenters. The Morgan fingerprint density at radius 3 is 2.54 bits per heavy atom. The molecular weight excluding hydrogens is 329 g/mol. The molecule has 3 aliphatic rings. The van der Waals surface area contributed by atoms with E-state index in [0.717, 1.165) is 6.42 Å². The lowest BCUT2D eigenvalue weighted by atomic mass is 9.65. The zero-order valence-electron chi connectivity index (χ0n) is 14.1. The van der Waals surface area contributed by atoms with E-state index in [0.29, 0.717) is 13.0 Å². The van der Waals surface area contributed by atoms with Gasteiger partial charge in [-0.3, -0.25) is 0 Å². The lowest BCUT2D eigenvalue weighted by molar-refractivity contribution is -0.174. The Morgan fingerprint density at radius 2 is 2.00 bits per heavy atom. The number of hydrogen-bond acceptors (Lipinski definition) is 5. The molecule has 1 aliphatic carbocycles. The minimum absolute atomic E-state index is 0.0169. The first kappa shape index (κ1) is 18.4. The predicted molar refractivity (Wildman–Crippen MR) is 77.5 cm³/mol. The summed E-state index contributed by atoms with van der Waals surface area (Å²) in [6.07, 6.45) is -4.45. The van der Waals surface area contributed by atoms with Crippen molar-refractivity contribution < 1.29 is 37.2 Å². The molecule has 1 N–H and O–H groups in total. The lowest BCUT2D eigenvalue weighted by Crippen LogP contribution is -2.57. The third kappa shape index (κ3) is 3.31. The SMILES string of the molecule is CO[C@@H]1[C@H](O)[C@H](C)C[C@]2(CO2)[C@H]1C1(C)O[C@@H]1CCOCC(F)(F)F. The second-order valence-electron chi connectivity index (χ2n) is 7.45. The molecular formula is C16H25F3O5. The zero-order valence-corrected chi connectivity index (χ0v) is 14.1. The van der Waals surface area contributed by atoms with Crippen LogP contribution in [0.3, 0.4) is 0 Å². The van der Waals surface area contributed by atoms with E-state index in [1.54, 1.807) is 7.11 Å². The van der Waals surface area contributed by atoms with Crippen molar-refractivity contribution in [2.45, 2.75) is 62.4 Å². The van der Waals surface area contributed by atoms with E-state index in [1.807, 2.05) is 13.8 Å². The van der Waals surface area contributed by atoms with Crippen LogP contribution < -0.4 is 0 Å². The summed E-state index contributed by atoms with van der Waals surface area (Å²) in [6.45, 7) is 3.23. The maximum atomic E-state index is 12.1. The molecule has 5 nitrogen and oxygen atoms in total. The van der Waals surface area contributed by atoms with E-state index < -0.39 is 30.6 Å². The zero-order chi connectivity index (χ0) is 17.8. The minimum Gasteiger partial charge on any atom is -0.390 e. The Labute approximate surface area is 139 Å². The van der Waals surface area contributed by atoms with Gasteiger partial charge in [0, 0.05) is 13.7 Å². The van der Waals surface area contributed by atoms with Gasteiger partial charge in [-0.15, -0.1) is 0 Å². The second kappa shape index (κ2) is 6.09. The largest absolute Gasteiger partial charge is 0.411 e. The van der Waals surface area contributed by atoms with Gasteiger partial charge < -0.3 is 24.1 Å². The van der Waals surface area contributed by atoms with Crippen LogP contribution in [0, 0.1) is 11.8 Å². The molecule has 7 atom stereocenters. The number of rotatable bonds is 6. The molecule has 2 heterocycles. The van der Waals surface area contributed by atoms with Gasteiger partial charge in [0.2, 0.25) is 0 Å². The fourth-order valence-electron chi connectivity index (χ4n) is 4.40. The van der Waals surface area contributed by atoms with Crippen molar-refractivity contribution in [1.29, 1.82) is 0 Å². The standard InChI is InChI=1S/C16H25F3O5/c1-9-6-15(7-23-15)13(12(21-3)11(9)20)14(2)10(24-14)4-5-22-8-16(17,18)19/h9-13,20H,4-8H2,1-3H3/t9-,10-,11-,12-,13-,14?,15+/m1/s1. The average Bonchev–Trinajstić information content (AvgIpc) is 3.37. The molecule has 3 fully saturated rings. The van der Waals surface area contributed by atoms with Gasteiger partial charge in [-0.1, -0.05) is 6.92 Å². The molecule has 0 aromatic heterocycles. The molecule has 0 amide bonds. The highest BCUT2D eigenvalue weighted by molar-refractivity contribution is 5.20. The fraction of sp³-hybridized carbons (Fsp3) is 1.00. The molecule has 0 bridgehead atoms. The molecule has 0 aromatic carbocycles. The van der Waals surface area contributed by atoms with Crippen molar-refractivity contribution in [2.24, 2.45) is 11.8 Å². The monoisotopic (exact) mass is 354 g/mol. The van der Waals surface area contributed by atoms with Gasteiger partial charge in [0.25, 0.3) is 0 Å². The Balaban J connectivity index is 1.61. The van der Waals surface area contributed by atoms with Crippen LogP contribution in [0.25, 0.3) is 0 Å². The third-order valence-corrected chi connectivity index (χ3v) is 5.66. The van der Waals surface area contributed by atoms with E-state index in [2.05, 4.69) is 4.74 Å². The van der Waals surface area contributed by atoms with Gasteiger partial charge in [-0.05, 0) is 25.7 Å². The van der Waals surface area contributed by atoms with Gasteiger partial charge >= 0.3 is 6.18 Å². The molecule has 1 saturated carbocycles. The summed E-state index contributed by atoms with van der Waals surface area (Å²) < 4.78 is 58.1. The highest BCUT2D eigenvalue weighted by Crippen LogP contribution is 2.60. The van der Waals surface area contributed by atoms with E-state index in [4.69, 9.17) is 14.2 Å². The summed E-state index contributed by atoms with van der Waals surface area (Å²) in [5, 5.41) is 10.5. The molecule has 8 heteroatoms. The first-order valence-corrected chi connectivity index (χ1v) is 8.30. The first-order chi connectivity index (χ1) is 11.1. The fourth-order valence-corrected chi connectivity index (χ4v) is 4.40. The number of aliphatic hydroxyl groups is 1. The summed E-state index contributed by atoms with van der Waals surface area (Å²) in [6, 6.07) is 0. The summed E-state index contributed by atoms with van der Waals surface area (Å²) in [7, 11) is 1.56. The van der Waals surface area contributed by atoms with Gasteiger partial charge in [0.15, 0.2) is 0 Å². The Morgan fingerprint density at radius 1 is 1.33 bits per heavy atom. The maximum Gasteiger partial charge on any atom is 0.411 e. The molecule has 1 spiro atoms. The Kier molecular flexibility index (Phi) is 4.66. The van der Waals surface area contributed by atoms with Crippen LogP contribution in [0.2, 0.25) is 0 Å². The van der Waals surface area contributed by atoms with Crippen LogP contribution in [0.15, 0.2) is 0 Å². The van der Waals surface area contributed by atoms with Gasteiger partial charge in [-0.2, -0.15) is 13.2 Å². The number of alkyl halides is 3.